The first-order valence-electron chi connectivity index (χ1n) is 3.78. The maximum Gasteiger partial charge on any atom is 0.414 e. The van der Waals surface area contributed by atoms with Crippen molar-refractivity contribution in [1.82, 2.24) is 0 Å². The summed E-state index contributed by atoms with van der Waals surface area (Å²) in [5.74, 6) is -0.731. The SMILES string of the molecule is CCOC(=O)CC[C@H](O)C(F)(F)F. The highest BCUT2D eigenvalue weighted by Crippen LogP contribution is 2.23. The van der Waals surface area contributed by atoms with E-state index in [9.17, 15) is 18.0 Å². The third-order valence-corrected chi connectivity index (χ3v) is 1.31. The van der Waals surface area contributed by atoms with E-state index in [0.29, 0.717) is 0 Å². The Morgan fingerprint density at radius 3 is 2.46 bits per heavy atom. The van der Waals surface area contributed by atoms with Gasteiger partial charge in [0.25, 0.3) is 0 Å². The molecular weight excluding hydrogens is 189 g/mol. The number of aliphatic hydroxyl groups excluding tert-OH is 1. The van der Waals surface area contributed by atoms with Crippen molar-refractivity contribution >= 4 is 5.97 Å². The third kappa shape index (κ3) is 5.46. The van der Waals surface area contributed by atoms with Gasteiger partial charge in [-0.25, -0.2) is 0 Å². The molecule has 13 heavy (non-hydrogen) atoms. The minimum atomic E-state index is -4.66. The third-order valence-electron chi connectivity index (χ3n) is 1.31. The average Bonchev–Trinajstić information content (AvgIpc) is 1.99. The second-order valence-corrected chi connectivity index (χ2v) is 2.40. The van der Waals surface area contributed by atoms with Crippen LogP contribution in [0.4, 0.5) is 13.2 Å². The molecule has 0 bridgehead atoms. The van der Waals surface area contributed by atoms with E-state index in [1.807, 2.05) is 0 Å². The van der Waals surface area contributed by atoms with Crippen molar-refractivity contribution in [1.29, 1.82) is 0 Å². The van der Waals surface area contributed by atoms with Gasteiger partial charge >= 0.3 is 12.1 Å². The lowest BCUT2D eigenvalue weighted by molar-refractivity contribution is -0.206. The predicted octanol–water partition coefficient (Wildman–Crippen LogP) is 1.25. The first-order valence-corrected chi connectivity index (χ1v) is 3.78. The smallest absolute Gasteiger partial charge is 0.414 e. The Morgan fingerprint density at radius 2 is 2.08 bits per heavy atom. The van der Waals surface area contributed by atoms with Gasteiger partial charge in [-0.1, -0.05) is 0 Å². The van der Waals surface area contributed by atoms with Crippen molar-refractivity contribution < 1.29 is 27.8 Å². The molecule has 0 heterocycles. The second-order valence-electron chi connectivity index (χ2n) is 2.40. The molecule has 0 spiro atoms. The standard InChI is InChI=1S/C7H11F3O3/c1-2-13-6(12)4-3-5(11)7(8,9)10/h5,11H,2-4H2,1H3/t5-/m0/s1. The van der Waals surface area contributed by atoms with E-state index < -0.39 is 31.1 Å². The highest BCUT2D eigenvalue weighted by atomic mass is 19.4. The molecule has 0 aromatic rings. The van der Waals surface area contributed by atoms with Crippen molar-refractivity contribution in [3.05, 3.63) is 0 Å². The number of carbonyl (C=O) groups is 1. The zero-order chi connectivity index (χ0) is 10.5. The fourth-order valence-corrected chi connectivity index (χ4v) is 0.651. The van der Waals surface area contributed by atoms with Crippen LogP contribution in [-0.4, -0.2) is 30.0 Å². The minimum absolute atomic E-state index is 0.126. The molecule has 0 aliphatic rings. The molecule has 0 fully saturated rings. The molecule has 0 aromatic heterocycles. The van der Waals surface area contributed by atoms with Crippen molar-refractivity contribution in [2.45, 2.75) is 32.0 Å². The van der Waals surface area contributed by atoms with E-state index >= 15 is 0 Å². The van der Waals surface area contributed by atoms with Crippen LogP contribution >= 0.6 is 0 Å². The fraction of sp³-hybridized carbons (Fsp3) is 0.857. The number of halogens is 3. The quantitative estimate of drug-likeness (QED) is 0.695. The number of hydrogen-bond donors (Lipinski definition) is 1. The van der Waals surface area contributed by atoms with Crippen LogP contribution < -0.4 is 0 Å². The summed E-state index contributed by atoms with van der Waals surface area (Å²) in [5, 5.41) is 8.47. The number of ether oxygens (including phenoxy) is 1. The Hall–Kier alpha value is -0.780. The second kappa shape index (κ2) is 5.06. The molecule has 78 valence electrons. The van der Waals surface area contributed by atoms with Crippen LogP contribution in [0.25, 0.3) is 0 Å². The van der Waals surface area contributed by atoms with Gasteiger partial charge in [0.15, 0.2) is 0 Å². The van der Waals surface area contributed by atoms with E-state index in [4.69, 9.17) is 5.11 Å². The van der Waals surface area contributed by atoms with Crippen LogP contribution in [0.3, 0.4) is 0 Å². The van der Waals surface area contributed by atoms with Gasteiger partial charge in [0.2, 0.25) is 0 Å². The molecule has 0 saturated heterocycles. The number of hydrogen-bond acceptors (Lipinski definition) is 3. The number of esters is 1. The summed E-state index contributed by atoms with van der Waals surface area (Å²) in [7, 11) is 0. The van der Waals surface area contributed by atoms with E-state index in [-0.39, 0.29) is 6.61 Å². The van der Waals surface area contributed by atoms with Gasteiger partial charge < -0.3 is 9.84 Å². The summed E-state index contributed by atoms with van der Waals surface area (Å²) in [6.45, 7) is 1.68. The monoisotopic (exact) mass is 200 g/mol. The average molecular weight is 200 g/mol. The number of rotatable bonds is 4. The molecule has 3 nitrogen and oxygen atoms in total. The molecule has 0 saturated carbocycles. The Bertz CT molecular complexity index is 167. The van der Waals surface area contributed by atoms with Crippen LogP contribution in [0.2, 0.25) is 0 Å². The molecule has 6 heteroatoms. The lowest BCUT2D eigenvalue weighted by Gasteiger charge is -2.13. The van der Waals surface area contributed by atoms with Crippen molar-refractivity contribution in [3.8, 4) is 0 Å². The first-order chi connectivity index (χ1) is 5.88. The summed E-state index contributed by atoms with van der Waals surface area (Å²) in [4.78, 5) is 10.6. The molecule has 0 aromatic carbocycles. The molecule has 1 atom stereocenters. The molecule has 0 amide bonds. The van der Waals surface area contributed by atoms with Crippen LogP contribution in [0.1, 0.15) is 19.8 Å². The molecule has 0 radical (unpaired) electrons. The Morgan fingerprint density at radius 1 is 1.54 bits per heavy atom. The maximum atomic E-state index is 11.7. The normalized spacial score (nSPS) is 13.9. The highest BCUT2D eigenvalue weighted by Gasteiger charge is 2.37. The van der Waals surface area contributed by atoms with Gasteiger partial charge in [0, 0.05) is 6.42 Å². The number of alkyl halides is 3. The van der Waals surface area contributed by atoms with Crippen molar-refractivity contribution in [2.24, 2.45) is 0 Å². The summed E-state index contributed by atoms with van der Waals surface area (Å²) >= 11 is 0. The number of carbonyl (C=O) groups excluding carboxylic acids is 1. The Kier molecular flexibility index (Phi) is 4.76. The minimum Gasteiger partial charge on any atom is -0.466 e. The van der Waals surface area contributed by atoms with Crippen molar-refractivity contribution in [2.75, 3.05) is 6.61 Å². The summed E-state index contributed by atoms with van der Waals surface area (Å²) < 4.78 is 39.4. The molecule has 0 aliphatic carbocycles. The molecule has 1 N–H and O–H groups in total. The molecule has 0 unspecified atom stereocenters. The van der Waals surface area contributed by atoms with Crippen LogP contribution in [0, 0.1) is 0 Å². The van der Waals surface area contributed by atoms with Crippen molar-refractivity contribution in [3.63, 3.8) is 0 Å². The maximum absolute atomic E-state index is 11.7. The van der Waals surface area contributed by atoms with E-state index in [1.165, 1.54) is 0 Å². The lowest BCUT2D eigenvalue weighted by atomic mass is 10.2. The zero-order valence-electron chi connectivity index (χ0n) is 7.10. The number of aliphatic hydroxyl groups is 1. The summed E-state index contributed by atoms with van der Waals surface area (Å²) in [6, 6.07) is 0. The lowest BCUT2D eigenvalue weighted by Crippen LogP contribution is -2.29. The van der Waals surface area contributed by atoms with Crippen LogP contribution in [0.5, 0.6) is 0 Å². The predicted molar refractivity (Wildman–Crippen MR) is 37.9 cm³/mol. The van der Waals surface area contributed by atoms with E-state index in [0.717, 1.165) is 0 Å². The van der Waals surface area contributed by atoms with Gasteiger partial charge in [-0.3, -0.25) is 4.79 Å². The van der Waals surface area contributed by atoms with Gasteiger partial charge in [-0.05, 0) is 13.3 Å². The van der Waals surface area contributed by atoms with Gasteiger partial charge in [0.1, 0.15) is 6.10 Å². The Labute approximate surface area is 73.5 Å². The van der Waals surface area contributed by atoms with Crippen LogP contribution in [-0.2, 0) is 9.53 Å². The van der Waals surface area contributed by atoms with Gasteiger partial charge in [-0.2, -0.15) is 13.2 Å². The van der Waals surface area contributed by atoms with Gasteiger partial charge in [0.05, 0.1) is 6.61 Å². The first kappa shape index (κ1) is 12.2. The topological polar surface area (TPSA) is 46.5 Å². The van der Waals surface area contributed by atoms with Crippen LogP contribution in [0.15, 0.2) is 0 Å². The fourth-order valence-electron chi connectivity index (χ4n) is 0.651. The summed E-state index contributed by atoms with van der Waals surface area (Å²) in [5.41, 5.74) is 0. The molecular formula is C7H11F3O3. The highest BCUT2D eigenvalue weighted by molar-refractivity contribution is 5.69. The zero-order valence-corrected chi connectivity index (χ0v) is 7.10. The Balaban J connectivity index is 3.70. The van der Waals surface area contributed by atoms with Gasteiger partial charge in [-0.15, -0.1) is 0 Å². The van der Waals surface area contributed by atoms with E-state index in [2.05, 4.69) is 4.74 Å². The molecule has 0 rings (SSSR count). The van der Waals surface area contributed by atoms with E-state index in [1.54, 1.807) is 6.92 Å². The molecule has 0 aliphatic heterocycles. The largest absolute Gasteiger partial charge is 0.466 e. The summed E-state index contributed by atoms with van der Waals surface area (Å²) in [6.07, 6.45) is -8.18.